The molecule has 2 aliphatic rings. The number of fused-ring (bicyclic) bond motifs is 6. The summed E-state index contributed by atoms with van der Waals surface area (Å²) in [6.45, 7) is 7.21. The maximum Gasteiger partial charge on any atom is 0.303 e. The van der Waals surface area contributed by atoms with Gasteiger partial charge in [-0.3, -0.25) is 4.79 Å². The summed E-state index contributed by atoms with van der Waals surface area (Å²) in [5.41, 5.74) is 0.678. The predicted octanol–water partition coefficient (Wildman–Crippen LogP) is 4.95. The van der Waals surface area contributed by atoms with Crippen LogP contribution in [-0.4, -0.2) is 140 Å². The van der Waals surface area contributed by atoms with Gasteiger partial charge in [-0.1, -0.05) is 12.1 Å². The van der Waals surface area contributed by atoms with E-state index < -0.39 is 76.9 Å². The lowest BCUT2D eigenvalue weighted by Crippen LogP contribution is -2.33. The van der Waals surface area contributed by atoms with Crippen LogP contribution in [-0.2, 0) is 75.0 Å². The fraction of sp³-hybridized carbons (Fsp3) is 0.447. The van der Waals surface area contributed by atoms with E-state index in [0.717, 1.165) is 12.1 Å². The van der Waals surface area contributed by atoms with Gasteiger partial charge in [0.25, 0.3) is 0 Å². The molecule has 2 heterocycles. The van der Waals surface area contributed by atoms with Crippen LogP contribution in [0.25, 0.3) is 21.5 Å². The number of nitrogens with zero attached hydrogens (tertiary/aromatic N) is 2. The molecule has 4 aromatic carbocycles. The monoisotopic (exact) mass is 1060 g/mol. The molecule has 0 spiro atoms. The number of carboxylic acid groups (broad SMARTS) is 1. The highest BCUT2D eigenvalue weighted by atomic mass is 32.2. The Morgan fingerprint density at radius 3 is 1.68 bits per heavy atom. The Bertz CT molecular complexity index is 3280. The normalized spacial score (nSPS) is 19.2. The van der Waals surface area contributed by atoms with Gasteiger partial charge in [-0.25, -0.2) is 33.7 Å². The first-order valence-corrected chi connectivity index (χ1v) is 28.1. The average molecular weight is 1060 g/mol. The maximum absolute atomic E-state index is 12.7. The second-order valence-electron chi connectivity index (χ2n) is 17.5. The number of allylic oxidation sites excluding steroid dienone is 4. The van der Waals surface area contributed by atoms with E-state index >= 15 is 0 Å². The summed E-state index contributed by atoms with van der Waals surface area (Å²) in [5, 5.41) is 9.17. The van der Waals surface area contributed by atoms with Crippen LogP contribution in [0, 0.1) is 0 Å². The van der Waals surface area contributed by atoms with E-state index in [0.29, 0.717) is 71.9 Å². The molecule has 2 aliphatic heterocycles. The second kappa shape index (κ2) is 21.8. The third kappa shape index (κ3) is 11.7. The van der Waals surface area contributed by atoms with Gasteiger partial charge >= 0.3 is 5.97 Å². The first kappa shape index (κ1) is 55.6. The van der Waals surface area contributed by atoms with E-state index in [1.807, 2.05) is 30.2 Å². The number of aliphatic carboxylic acids is 1. The molecule has 6 rings (SSSR count). The van der Waals surface area contributed by atoms with Crippen molar-refractivity contribution in [2.45, 2.75) is 89.7 Å². The molecule has 0 saturated heterocycles. The third-order valence-corrected chi connectivity index (χ3v) is 16.4. The number of unbranched alkanes of at least 4 members (excludes halogenated alkanes) is 2. The van der Waals surface area contributed by atoms with Crippen molar-refractivity contribution in [3.63, 3.8) is 0 Å². The zero-order valence-electron chi connectivity index (χ0n) is 39.7. The molecule has 1 N–H and O–H groups in total. The van der Waals surface area contributed by atoms with Crippen LogP contribution in [0.4, 0.5) is 11.4 Å². The van der Waals surface area contributed by atoms with Gasteiger partial charge in [-0.05, 0) is 111 Å². The summed E-state index contributed by atoms with van der Waals surface area (Å²) < 4.78 is 176. The predicted molar refractivity (Wildman–Crippen MR) is 255 cm³/mol. The number of likely N-dealkylation sites (N-methyl/N-ethyl adjacent to an activating group) is 1. The summed E-state index contributed by atoms with van der Waals surface area (Å²) in [4.78, 5) is 9.68. The largest absolute Gasteiger partial charge is 0.744 e. The Hall–Kier alpha value is -4.70. The van der Waals surface area contributed by atoms with Crippen LogP contribution in [0.2, 0.25) is 0 Å². The zero-order valence-corrected chi connectivity index (χ0v) is 42.9. The number of methoxy groups -OCH3 is 2. The fourth-order valence-corrected chi connectivity index (χ4v) is 12.4. The summed E-state index contributed by atoms with van der Waals surface area (Å²) in [6.07, 6.45) is 6.91. The molecule has 0 aromatic heterocycles. The number of hydrogen-bond donors (Lipinski definition) is 1. The van der Waals surface area contributed by atoms with Crippen molar-refractivity contribution in [3.8, 4) is 0 Å². The van der Waals surface area contributed by atoms with Gasteiger partial charge in [-0.2, -0.15) is 4.58 Å². The molecule has 71 heavy (non-hydrogen) atoms. The lowest BCUT2D eigenvalue weighted by molar-refractivity contribution is -0.438. The van der Waals surface area contributed by atoms with E-state index in [2.05, 4.69) is 0 Å². The number of benzene rings is 4. The van der Waals surface area contributed by atoms with Crippen molar-refractivity contribution in [1.29, 1.82) is 0 Å². The molecule has 2 unspecified atom stereocenters. The van der Waals surface area contributed by atoms with Gasteiger partial charge in [0.15, 0.2) is 5.71 Å². The number of hydrogen-bond acceptors (Lipinski definition) is 18. The number of anilines is 1. The first-order chi connectivity index (χ1) is 33.2. The highest BCUT2D eigenvalue weighted by Gasteiger charge is 2.49. The second-order valence-corrected chi connectivity index (χ2v) is 23.0. The summed E-state index contributed by atoms with van der Waals surface area (Å²) >= 11 is 0. The topological polar surface area (TPSA) is 309 Å². The number of rotatable bonds is 25. The number of ether oxygens (including phenoxy) is 4. The number of carbonyl (C=O) groups is 1. The van der Waals surface area contributed by atoms with Crippen LogP contribution in [0.1, 0.15) is 70.4 Å². The molecule has 0 aliphatic carbocycles. The Labute approximate surface area is 413 Å². The molecule has 0 saturated carbocycles. The minimum absolute atomic E-state index is 0.0149. The Balaban J connectivity index is 1.63. The van der Waals surface area contributed by atoms with Crippen molar-refractivity contribution in [2.75, 3.05) is 71.9 Å². The van der Waals surface area contributed by atoms with Crippen LogP contribution < -0.4 is 4.90 Å². The van der Waals surface area contributed by atoms with Crippen LogP contribution in [0.15, 0.2) is 92.0 Å². The van der Waals surface area contributed by atoms with E-state index in [9.17, 15) is 61.8 Å². The summed E-state index contributed by atoms with van der Waals surface area (Å²) in [6, 6.07) is 9.21. The van der Waals surface area contributed by atoms with Crippen molar-refractivity contribution >= 4 is 85.1 Å². The van der Waals surface area contributed by atoms with Crippen molar-refractivity contribution < 1.29 is 85.3 Å². The molecule has 0 bridgehead atoms. The first-order valence-electron chi connectivity index (χ1n) is 22.5. The fourth-order valence-electron chi connectivity index (χ4n) is 9.78. The van der Waals surface area contributed by atoms with Gasteiger partial charge in [-0.15, -0.1) is 0 Å². The molecule has 0 fully saturated rings. The van der Waals surface area contributed by atoms with Gasteiger partial charge in [0.2, 0.25) is 5.69 Å². The Kier molecular flexibility index (Phi) is 17.1. The standard InChI is InChI=1S/C47H58N2O18S4/c1-6-48-37-16-14-33-35(27-31(68(52,53)54)29-39(33)70(58,59)60)44(37)46(2,18-21-66-25-23-64-4)41(48)11-10-12-42-47(3,19-22-67-26-24-65-5)45-36-28-32(69(55,56)57)30-40(71(61,62)63)34(36)15-17-38(45)49(42)20-9-7-8-13-43(50)51/h10-12,14-17,27-30H,6-9,13,18-26H2,1-5H3,(H4-,50,51,52,53,54,55,56,57,58,59,60,61,62,63)/p-3. The molecule has 0 amide bonds. The van der Waals surface area contributed by atoms with Crippen molar-refractivity contribution in [3.05, 3.63) is 83.6 Å². The van der Waals surface area contributed by atoms with Gasteiger partial charge in [0.05, 0.1) is 51.4 Å². The molecular weight excluding hydrogens is 1010 g/mol. The molecule has 0 radical (unpaired) electrons. The van der Waals surface area contributed by atoms with Crippen LogP contribution in [0.5, 0.6) is 0 Å². The Morgan fingerprint density at radius 1 is 0.662 bits per heavy atom. The van der Waals surface area contributed by atoms with E-state index in [4.69, 9.17) is 18.9 Å². The minimum atomic E-state index is -5.35. The quantitative estimate of drug-likeness (QED) is 0.0521. The van der Waals surface area contributed by atoms with Gasteiger partial charge in [0, 0.05) is 86.7 Å². The third-order valence-electron chi connectivity index (χ3n) is 13.1. The molecule has 2 atom stereocenters. The number of carboxylic acids is 1. The lowest BCUT2D eigenvalue weighted by Gasteiger charge is -2.30. The summed E-state index contributed by atoms with van der Waals surface area (Å²) in [5.74, 6) is -0.969. The average Bonchev–Trinajstić information content (AvgIpc) is 3.67. The van der Waals surface area contributed by atoms with E-state index in [1.54, 1.807) is 30.4 Å². The SMILES string of the molecule is CCN1/C(=C/C=C/C2=[N+](CCCCCC(=O)O)c3ccc4c(S(=O)(=O)[O-])cc(S(=O)(=O)[O-])cc4c3C2(C)CCOCCOC)C(C)(CCOCCOC)c2c1ccc1c(S(=O)(=O)[O-])cc(S(=O)(=O)[O-])cc21. The minimum Gasteiger partial charge on any atom is -0.744 e. The van der Waals surface area contributed by atoms with Gasteiger partial charge in [0.1, 0.15) is 47.0 Å². The van der Waals surface area contributed by atoms with E-state index in [1.165, 1.54) is 26.4 Å². The van der Waals surface area contributed by atoms with Crippen molar-refractivity contribution in [1.82, 2.24) is 0 Å². The highest BCUT2D eigenvalue weighted by molar-refractivity contribution is 7.87. The molecule has 20 nitrogen and oxygen atoms in total. The molecular formula is C47H55N2O18S4-3. The summed E-state index contributed by atoms with van der Waals surface area (Å²) in [7, 11) is -18.3. The smallest absolute Gasteiger partial charge is 0.303 e. The van der Waals surface area contributed by atoms with Crippen LogP contribution >= 0.6 is 0 Å². The molecule has 388 valence electrons. The molecule has 4 aromatic rings. The molecule has 24 heteroatoms. The van der Waals surface area contributed by atoms with Crippen molar-refractivity contribution in [2.24, 2.45) is 0 Å². The lowest BCUT2D eigenvalue weighted by atomic mass is 9.74. The maximum atomic E-state index is 12.7. The van der Waals surface area contributed by atoms with E-state index in [-0.39, 0.29) is 87.0 Å². The van der Waals surface area contributed by atoms with Gasteiger partial charge < -0.3 is 47.2 Å². The highest BCUT2D eigenvalue weighted by Crippen LogP contribution is 2.54. The van der Waals surface area contributed by atoms with Crippen LogP contribution in [0.3, 0.4) is 0 Å². The Morgan fingerprint density at radius 2 is 1.18 bits per heavy atom. The zero-order chi connectivity index (χ0) is 52.3.